The number of hydrogen-bond acceptors (Lipinski definition) is 5. The van der Waals surface area contributed by atoms with Crippen LogP contribution in [0.5, 0.6) is 11.5 Å². The zero-order chi connectivity index (χ0) is 13.5. The lowest BCUT2D eigenvalue weighted by Gasteiger charge is -2.12. The first-order valence-corrected chi connectivity index (χ1v) is 5.52. The van der Waals surface area contributed by atoms with Gasteiger partial charge in [0.1, 0.15) is 6.29 Å². The van der Waals surface area contributed by atoms with Crippen molar-refractivity contribution in [3.63, 3.8) is 0 Å². The number of esters is 1. The van der Waals surface area contributed by atoms with Crippen LogP contribution in [-0.4, -0.2) is 33.1 Å². The van der Waals surface area contributed by atoms with E-state index >= 15 is 0 Å². The molecule has 0 aliphatic heterocycles. The van der Waals surface area contributed by atoms with Gasteiger partial charge in [-0.1, -0.05) is 11.6 Å². The second-order valence-corrected chi connectivity index (χ2v) is 3.73. The van der Waals surface area contributed by atoms with Crippen LogP contribution >= 0.6 is 11.6 Å². The smallest absolute Gasteiger partial charge is 0.308 e. The van der Waals surface area contributed by atoms with E-state index in [1.54, 1.807) is 0 Å². The number of ether oxygens (including phenoxy) is 3. The number of halogens is 1. The molecule has 0 atom stereocenters. The molecule has 0 saturated carbocycles. The standard InChI is InChI=1S/C12H13ClO5/c1-16-10-6-8(7-14)5-9(13)12(10)18-4-3-11(15)17-2/h5-7H,3-4H2,1-2H3. The summed E-state index contributed by atoms with van der Waals surface area (Å²) in [6.45, 7) is 0.114. The summed E-state index contributed by atoms with van der Waals surface area (Å²) in [5.41, 5.74) is 0.386. The van der Waals surface area contributed by atoms with E-state index in [0.29, 0.717) is 23.3 Å². The minimum absolute atomic E-state index is 0.103. The number of aldehydes is 1. The van der Waals surface area contributed by atoms with Crippen LogP contribution in [0.4, 0.5) is 0 Å². The molecule has 0 heterocycles. The molecule has 18 heavy (non-hydrogen) atoms. The molecule has 0 amide bonds. The molecule has 98 valence electrons. The monoisotopic (exact) mass is 272 g/mol. The highest BCUT2D eigenvalue weighted by Crippen LogP contribution is 2.36. The van der Waals surface area contributed by atoms with Crippen molar-refractivity contribution in [1.29, 1.82) is 0 Å². The Bertz CT molecular complexity index is 444. The van der Waals surface area contributed by atoms with E-state index in [1.807, 2.05) is 0 Å². The summed E-state index contributed by atoms with van der Waals surface area (Å²) in [7, 11) is 2.74. The Hall–Kier alpha value is -1.75. The van der Waals surface area contributed by atoms with Gasteiger partial charge in [-0.2, -0.15) is 0 Å². The maximum atomic E-state index is 10.9. The molecule has 0 spiro atoms. The number of benzene rings is 1. The molecule has 5 nitrogen and oxygen atoms in total. The molecule has 0 unspecified atom stereocenters. The number of carbonyl (C=O) groups excluding carboxylic acids is 2. The average Bonchev–Trinajstić information content (AvgIpc) is 2.39. The van der Waals surface area contributed by atoms with Crippen molar-refractivity contribution in [3.05, 3.63) is 22.7 Å². The van der Waals surface area contributed by atoms with Crippen LogP contribution in [0.1, 0.15) is 16.8 Å². The third-order valence-corrected chi connectivity index (χ3v) is 2.45. The van der Waals surface area contributed by atoms with Gasteiger partial charge in [-0.25, -0.2) is 0 Å². The van der Waals surface area contributed by atoms with Crippen LogP contribution in [0.3, 0.4) is 0 Å². The van der Waals surface area contributed by atoms with Gasteiger partial charge in [0, 0.05) is 5.56 Å². The van der Waals surface area contributed by atoms with Gasteiger partial charge >= 0.3 is 5.97 Å². The topological polar surface area (TPSA) is 61.8 Å². The molecule has 1 aromatic rings. The predicted molar refractivity (Wildman–Crippen MR) is 65.5 cm³/mol. The summed E-state index contributed by atoms with van der Waals surface area (Å²) in [6.07, 6.45) is 0.762. The molecule has 0 radical (unpaired) electrons. The lowest BCUT2D eigenvalue weighted by atomic mass is 10.2. The summed E-state index contributed by atoms with van der Waals surface area (Å²) in [4.78, 5) is 21.6. The van der Waals surface area contributed by atoms with Crippen LogP contribution in [0.25, 0.3) is 0 Å². The van der Waals surface area contributed by atoms with Crippen LogP contribution in [-0.2, 0) is 9.53 Å². The van der Waals surface area contributed by atoms with Crippen LogP contribution < -0.4 is 9.47 Å². The predicted octanol–water partition coefficient (Wildman–Crippen LogP) is 2.10. The summed E-state index contributed by atoms with van der Waals surface area (Å²) in [5.74, 6) is 0.262. The minimum atomic E-state index is -0.380. The Morgan fingerprint density at radius 3 is 2.67 bits per heavy atom. The molecule has 0 fully saturated rings. The van der Waals surface area contributed by atoms with E-state index in [4.69, 9.17) is 21.1 Å². The Labute approximate surface area is 110 Å². The van der Waals surface area contributed by atoms with E-state index in [0.717, 1.165) is 0 Å². The van der Waals surface area contributed by atoms with Gasteiger partial charge < -0.3 is 14.2 Å². The van der Waals surface area contributed by atoms with Gasteiger partial charge in [0.25, 0.3) is 0 Å². The van der Waals surface area contributed by atoms with Crippen molar-refractivity contribution in [2.24, 2.45) is 0 Å². The molecule has 0 aliphatic rings. The van der Waals surface area contributed by atoms with Crippen molar-refractivity contribution in [1.82, 2.24) is 0 Å². The van der Waals surface area contributed by atoms with E-state index in [2.05, 4.69) is 4.74 Å². The quantitative estimate of drug-likeness (QED) is 0.586. The van der Waals surface area contributed by atoms with Crippen molar-refractivity contribution >= 4 is 23.9 Å². The van der Waals surface area contributed by atoms with Gasteiger partial charge in [0.05, 0.1) is 32.3 Å². The van der Waals surface area contributed by atoms with E-state index in [1.165, 1.54) is 26.4 Å². The van der Waals surface area contributed by atoms with Gasteiger partial charge in [-0.15, -0.1) is 0 Å². The third-order valence-electron chi connectivity index (χ3n) is 2.17. The van der Waals surface area contributed by atoms with Crippen molar-refractivity contribution in [2.75, 3.05) is 20.8 Å². The van der Waals surface area contributed by atoms with Crippen LogP contribution in [0.15, 0.2) is 12.1 Å². The Morgan fingerprint density at radius 1 is 1.39 bits per heavy atom. The fourth-order valence-electron chi connectivity index (χ4n) is 1.29. The van der Waals surface area contributed by atoms with Gasteiger partial charge in [0.2, 0.25) is 0 Å². The van der Waals surface area contributed by atoms with Crippen molar-refractivity contribution in [2.45, 2.75) is 6.42 Å². The SMILES string of the molecule is COC(=O)CCOc1c(Cl)cc(C=O)cc1OC. The zero-order valence-electron chi connectivity index (χ0n) is 10.1. The molecular formula is C12H13ClO5. The van der Waals surface area contributed by atoms with Crippen molar-refractivity contribution < 1.29 is 23.8 Å². The average molecular weight is 273 g/mol. The Morgan fingerprint density at radius 2 is 2.11 bits per heavy atom. The molecule has 6 heteroatoms. The Kier molecular flexibility index (Phi) is 5.45. The molecule has 0 aromatic heterocycles. The maximum absolute atomic E-state index is 10.9. The largest absolute Gasteiger partial charge is 0.493 e. The fourth-order valence-corrected chi connectivity index (χ4v) is 1.56. The molecular weight excluding hydrogens is 260 g/mol. The van der Waals surface area contributed by atoms with E-state index in [9.17, 15) is 9.59 Å². The van der Waals surface area contributed by atoms with Gasteiger partial charge in [0.15, 0.2) is 11.5 Å². The van der Waals surface area contributed by atoms with Gasteiger partial charge in [-0.3, -0.25) is 9.59 Å². The first kappa shape index (κ1) is 14.3. The normalized spacial score (nSPS) is 9.72. The van der Waals surface area contributed by atoms with Gasteiger partial charge in [-0.05, 0) is 12.1 Å². The van der Waals surface area contributed by atoms with Crippen LogP contribution in [0, 0.1) is 0 Å². The number of rotatable bonds is 6. The first-order valence-electron chi connectivity index (χ1n) is 5.14. The van der Waals surface area contributed by atoms with E-state index < -0.39 is 0 Å². The lowest BCUT2D eigenvalue weighted by molar-refractivity contribution is -0.141. The summed E-state index contributed by atoms with van der Waals surface area (Å²) < 4.78 is 14.9. The maximum Gasteiger partial charge on any atom is 0.308 e. The molecule has 1 aromatic carbocycles. The summed E-state index contributed by atoms with van der Waals surface area (Å²) in [5, 5.41) is 0.251. The second-order valence-electron chi connectivity index (χ2n) is 3.33. The summed E-state index contributed by atoms with van der Waals surface area (Å²) >= 11 is 5.96. The minimum Gasteiger partial charge on any atom is -0.493 e. The molecule has 0 N–H and O–H groups in total. The van der Waals surface area contributed by atoms with Crippen molar-refractivity contribution in [3.8, 4) is 11.5 Å². The highest BCUT2D eigenvalue weighted by molar-refractivity contribution is 6.32. The fraction of sp³-hybridized carbons (Fsp3) is 0.333. The molecule has 1 rings (SSSR count). The molecule has 0 aliphatic carbocycles. The Balaban J connectivity index is 2.81. The highest BCUT2D eigenvalue weighted by atomic mass is 35.5. The zero-order valence-corrected chi connectivity index (χ0v) is 10.8. The van der Waals surface area contributed by atoms with Crippen LogP contribution in [0.2, 0.25) is 5.02 Å². The first-order chi connectivity index (χ1) is 8.62. The molecule has 0 bridgehead atoms. The van der Waals surface area contributed by atoms with E-state index in [-0.39, 0.29) is 24.0 Å². The second kappa shape index (κ2) is 6.86. The highest BCUT2D eigenvalue weighted by Gasteiger charge is 2.12. The molecule has 0 saturated heterocycles. The number of carbonyl (C=O) groups is 2. The summed E-state index contributed by atoms with van der Waals surface area (Å²) in [6, 6.07) is 2.97. The third kappa shape index (κ3) is 3.63. The number of methoxy groups -OCH3 is 2. The number of hydrogen-bond donors (Lipinski definition) is 0. The lowest BCUT2D eigenvalue weighted by Crippen LogP contribution is -2.08.